The van der Waals surface area contributed by atoms with Gasteiger partial charge in [-0.25, -0.2) is 0 Å². The van der Waals surface area contributed by atoms with Crippen LogP contribution < -0.4 is 9.80 Å². The maximum atomic E-state index is 6.93. The van der Waals surface area contributed by atoms with Gasteiger partial charge in [-0.1, -0.05) is 158 Å². The third kappa shape index (κ3) is 5.21. The first-order valence-electron chi connectivity index (χ1n) is 22.7. The molecule has 14 rings (SSSR count). The number of anilines is 6. The first-order valence-corrected chi connectivity index (χ1v) is 22.7. The number of benzene rings is 12. The van der Waals surface area contributed by atoms with Crippen LogP contribution in [0.1, 0.15) is 11.1 Å². The van der Waals surface area contributed by atoms with Gasteiger partial charge in [0.2, 0.25) is 0 Å². The predicted octanol–water partition coefficient (Wildman–Crippen LogP) is 18.2. The van der Waals surface area contributed by atoms with Crippen molar-refractivity contribution in [2.75, 3.05) is 9.80 Å². The van der Waals surface area contributed by atoms with E-state index in [2.05, 4.69) is 230 Å². The lowest BCUT2D eigenvalue weighted by molar-refractivity contribution is 0.669. The van der Waals surface area contributed by atoms with Crippen LogP contribution in [-0.4, -0.2) is 0 Å². The molecule has 0 fully saturated rings. The minimum Gasteiger partial charge on any atom is -0.454 e. The fraction of sp³-hybridized carbons (Fsp3) is 0.0323. The molecule has 0 aliphatic rings. The van der Waals surface area contributed by atoms with Gasteiger partial charge in [0.15, 0.2) is 11.2 Å². The SMILES string of the molecule is Cc1ccccc1N(c1ccc2ccc3c(N(c4ccccc4C)c4cccc5c4oc4ccc6ccccc6c45)ccc4ccc1c2c43)c1cccc2c1oc1ccc3ccccc3c12. The molecule has 0 unspecified atom stereocenters. The Bertz CT molecular complexity index is 4010. The number of nitrogens with zero attached hydrogens (tertiary/aromatic N) is 2. The summed E-state index contributed by atoms with van der Waals surface area (Å²) in [6, 6.07) is 74.6. The van der Waals surface area contributed by atoms with E-state index in [1.165, 1.54) is 65.0 Å². The summed E-state index contributed by atoms with van der Waals surface area (Å²) in [5, 5.41) is 16.4. The first kappa shape index (κ1) is 36.8. The maximum absolute atomic E-state index is 6.93. The minimum absolute atomic E-state index is 0.863. The van der Waals surface area contributed by atoms with Gasteiger partial charge in [0.1, 0.15) is 11.2 Å². The summed E-state index contributed by atoms with van der Waals surface area (Å²) in [6.07, 6.45) is 0. The smallest absolute Gasteiger partial charge is 0.159 e. The van der Waals surface area contributed by atoms with Crippen LogP contribution in [0.25, 0.3) is 97.7 Å². The van der Waals surface area contributed by atoms with E-state index < -0.39 is 0 Å². The zero-order valence-electron chi connectivity index (χ0n) is 36.3. The average Bonchev–Trinajstić information content (AvgIpc) is 3.95. The van der Waals surface area contributed by atoms with Crippen molar-refractivity contribution in [3.05, 3.63) is 217 Å². The van der Waals surface area contributed by atoms with Crippen LogP contribution in [0.5, 0.6) is 0 Å². The molecule has 4 heteroatoms. The van der Waals surface area contributed by atoms with Crippen molar-refractivity contribution in [1.82, 2.24) is 0 Å². The van der Waals surface area contributed by atoms with Crippen LogP contribution in [0.3, 0.4) is 0 Å². The van der Waals surface area contributed by atoms with E-state index >= 15 is 0 Å². The number of hydrogen-bond donors (Lipinski definition) is 0. The molecule has 0 aliphatic heterocycles. The van der Waals surface area contributed by atoms with Crippen molar-refractivity contribution >= 4 is 132 Å². The number of aryl methyl sites for hydroxylation is 2. The highest BCUT2D eigenvalue weighted by Crippen LogP contribution is 2.51. The fourth-order valence-electron chi connectivity index (χ4n) is 11.0. The molecule has 2 heterocycles. The summed E-state index contributed by atoms with van der Waals surface area (Å²) in [4.78, 5) is 4.83. The van der Waals surface area contributed by atoms with Gasteiger partial charge in [0.25, 0.3) is 0 Å². The molecular formula is C62H40N2O2. The second-order valence-corrected chi connectivity index (χ2v) is 17.7. The molecule has 2 aromatic heterocycles. The van der Waals surface area contributed by atoms with E-state index in [-0.39, 0.29) is 0 Å². The topological polar surface area (TPSA) is 32.8 Å². The summed E-state index contributed by atoms with van der Waals surface area (Å²) in [7, 11) is 0. The van der Waals surface area contributed by atoms with Gasteiger partial charge in [-0.3, -0.25) is 0 Å². The van der Waals surface area contributed by atoms with Crippen LogP contribution in [0.15, 0.2) is 215 Å². The van der Waals surface area contributed by atoms with E-state index in [9.17, 15) is 0 Å². The summed E-state index contributed by atoms with van der Waals surface area (Å²) in [5.41, 5.74) is 12.2. The number of furan rings is 2. The monoisotopic (exact) mass is 844 g/mol. The molecule has 0 spiro atoms. The lowest BCUT2D eigenvalue weighted by atomic mass is 9.91. The molecule has 0 saturated carbocycles. The van der Waals surface area contributed by atoms with Gasteiger partial charge in [-0.15, -0.1) is 0 Å². The second kappa shape index (κ2) is 13.9. The van der Waals surface area contributed by atoms with Gasteiger partial charge in [-0.05, 0) is 117 Å². The molecule has 66 heavy (non-hydrogen) atoms. The molecule has 0 aliphatic carbocycles. The van der Waals surface area contributed by atoms with E-state index in [0.717, 1.165) is 78.0 Å². The van der Waals surface area contributed by atoms with Crippen LogP contribution >= 0.6 is 0 Å². The minimum atomic E-state index is 0.863. The Morgan fingerprint density at radius 1 is 0.258 bits per heavy atom. The quantitative estimate of drug-likeness (QED) is 0.156. The molecule has 0 amide bonds. The van der Waals surface area contributed by atoms with Crippen LogP contribution in [0, 0.1) is 13.8 Å². The Morgan fingerprint density at radius 3 is 1.11 bits per heavy atom. The lowest BCUT2D eigenvalue weighted by Crippen LogP contribution is -2.13. The normalized spacial score (nSPS) is 12.1. The zero-order chi connectivity index (χ0) is 43.6. The molecule has 310 valence electrons. The molecular weight excluding hydrogens is 805 g/mol. The van der Waals surface area contributed by atoms with Gasteiger partial charge >= 0.3 is 0 Å². The Labute approximate surface area is 380 Å². The molecule has 12 aromatic carbocycles. The maximum Gasteiger partial charge on any atom is 0.159 e. The van der Waals surface area contributed by atoms with Gasteiger partial charge in [-0.2, -0.15) is 0 Å². The van der Waals surface area contributed by atoms with E-state index in [0.29, 0.717) is 0 Å². The molecule has 0 N–H and O–H groups in total. The Balaban J connectivity index is 1.04. The van der Waals surface area contributed by atoms with Crippen molar-refractivity contribution in [2.45, 2.75) is 13.8 Å². The summed E-state index contributed by atoms with van der Waals surface area (Å²) >= 11 is 0. The molecule has 4 nitrogen and oxygen atoms in total. The molecule has 0 atom stereocenters. The van der Waals surface area contributed by atoms with Crippen molar-refractivity contribution in [3.63, 3.8) is 0 Å². The van der Waals surface area contributed by atoms with Crippen LogP contribution in [0.4, 0.5) is 34.1 Å². The van der Waals surface area contributed by atoms with Crippen LogP contribution in [-0.2, 0) is 0 Å². The standard InChI is InChI=1S/C62H40N2O2/c1-37-13-3-9-21-49(37)63(53-23-11-19-47-59-43-17-7-5-15-39(43)29-35-55(59)65-61(47)53)51-33-27-41-26-32-46-52(34-28-42-25-31-45(51)57(41)58(42)46)64(50-22-10-4-14-38(50)2)54-24-12-20-48-60-44-18-8-6-16-40(44)30-36-56(60)66-62(48)54/h3-36H,1-2H3. The van der Waals surface area contributed by atoms with E-state index in [1.807, 2.05) is 0 Å². The highest BCUT2D eigenvalue weighted by molar-refractivity contribution is 6.29. The number of hydrogen-bond acceptors (Lipinski definition) is 4. The number of fused-ring (bicyclic) bond motifs is 10. The number of para-hydroxylation sites is 4. The molecule has 14 aromatic rings. The fourth-order valence-corrected chi connectivity index (χ4v) is 11.0. The van der Waals surface area contributed by atoms with Crippen LogP contribution in [0.2, 0.25) is 0 Å². The van der Waals surface area contributed by atoms with E-state index in [4.69, 9.17) is 8.83 Å². The lowest BCUT2D eigenvalue weighted by Gasteiger charge is -2.30. The highest BCUT2D eigenvalue weighted by atomic mass is 16.3. The Morgan fingerprint density at radius 2 is 0.636 bits per heavy atom. The molecule has 0 saturated heterocycles. The molecule has 0 bridgehead atoms. The average molecular weight is 845 g/mol. The Hall–Kier alpha value is -8.60. The van der Waals surface area contributed by atoms with Crippen molar-refractivity contribution in [3.8, 4) is 0 Å². The Kier molecular flexibility index (Phi) is 7.79. The third-order valence-electron chi connectivity index (χ3n) is 14.0. The van der Waals surface area contributed by atoms with Crippen molar-refractivity contribution < 1.29 is 8.83 Å². The van der Waals surface area contributed by atoms with Gasteiger partial charge < -0.3 is 18.6 Å². The third-order valence-corrected chi connectivity index (χ3v) is 14.0. The number of rotatable bonds is 6. The largest absolute Gasteiger partial charge is 0.454 e. The summed E-state index contributed by atoms with van der Waals surface area (Å²) in [6.45, 7) is 4.39. The van der Waals surface area contributed by atoms with Gasteiger partial charge in [0.05, 0.1) is 22.7 Å². The van der Waals surface area contributed by atoms with Crippen molar-refractivity contribution in [2.24, 2.45) is 0 Å². The zero-order valence-corrected chi connectivity index (χ0v) is 36.3. The van der Waals surface area contributed by atoms with E-state index in [1.54, 1.807) is 0 Å². The highest BCUT2D eigenvalue weighted by Gasteiger charge is 2.27. The summed E-state index contributed by atoms with van der Waals surface area (Å²) < 4.78 is 13.9. The van der Waals surface area contributed by atoms with Gasteiger partial charge in [0, 0.05) is 43.7 Å². The first-order chi connectivity index (χ1) is 32.6. The second-order valence-electron chi connectivity index (χ2n) is 17.7. The predicted molar refractivity (Wildman–Crippen MR) is 279 cm³/mol. The summed E-state index contributed by atoms with van der Waals surface area (Å²) in [5.74, 6) is 0. The molecule has 0 radical (unpaired) electrons. The van der Waals surface area contributed by atoms with Crippen molar-refractivity contribution in [1.29, 1.82) is 0 Å².